The molecule has 2 heterocycles. The van der Waals surface area contributed by atoms with Crippen molar-refractivity contribution in [3.63, 3.8) is 0 Å². The zero-order chi connectivity index (χ0) is 15.0. The maximum Gasteiger partial charge on any atom is 0.140 e. The highest BCUT2D eigenvalue weighted by atomic mass is 16.5. The predicted octanol–water partition coefficient (Wildman–Crippen LogP) is 2.21. The fourth-order valence-corrected chi connectivity index (χ4v) is 2.97. The van der Waals surface area contributed by atoms with Crippen molar-refractivity contribution in [1.82, 2.24) is 0 Å². The van der Waals surface area contributed by atoms with Gasteiger partial charge in [-0.05, 0) is 31.4 Å². The van der Waals surface area contributed by atoms with E-state index < -0.39 is 0 Å². The molecule has 1 aromatic carbocycles. The van der Waals surface area contributed by atoms with Crippen molar-refractivity contribution in [2.24, 2.45) is 16.8 Å². The Labute approximate surface area is 124 Å². The molecule has 1 atom stereocenters. The van der Waals surface area contributed by atoms with Gasteiger partial charge in [-0.15, -0.1) is 0 Å². The summed E-state index contributed by atoms with van der Waals surface area (Å²) in [5.41, 5.74) is 10.8. The molecular formula is C16H18N4O. The Morgan fingerprint density at radius 2 is 2.10 bits per heavy atom. The molecule has 1 saturated heterocycles. The molecule has 0 radical (unpaired) electrons. The van der Waals surface area contributed by atoms with E-state index in [0.29, 0.717) is 24.6 Å². The summed E-state index contributed by atoms with van der Waals surface area (Å²) < 4.78 is 5.48. The minimum atomic E-state index is 0.00400. The highest BCUT2D eigenvalue weighted by molar-refractivity contribution is 5.94. The van der Waals surface area contributed by atoms with E-state index in [0.717, 1.165) is 28.9 Å². The third-order valence-corrected chi connectivity index (χ3v) is 4.06. The molecule has 108 valence electrons. The first kappa shape index (κ1) is 13.7. The van der Waals surface area contributed by atoms with Crippen LogP contribution < -0.4 is 10.7 Å². The number of rotatable bonds is 1. The first-order valence-corrected chi connectivity index (χ1v) is 7.04. The summed E-state index contributed by atoms with van der Waals surface area (Å²) in [6.45, 7) is 5.15. The van der Waals surface area contributed by atoms with Gasteiger partial charge >= 0.3 is 0 Å². The van der Waals surface area contributed by atoms with Gasteiger partial charge in [0.25, 0.3) is 0 Å². The summed E-state index contributed by atoms with van der Waals surface area (Å²) in [5, 5.41) is 15.9. The molecule has 0 spiro atoms. The number of nitrogens with zero attached hydrogens (tertiary/aromatic N) is 3. The average Bonchev–Trinajstić information content (AvgIpc) is 2.47. The minimum absolute atomic E-state index is 0.00400. The van der Waals surface area contributed by atoms with Crippen LogP contribution in [0, 0.1) is 31.1 Å². The lowest BCUT2D eigenvalue weighted by Crippen LogP contribution is -2.40. The van der Waals surface area contributed by atoms with Crippen LogP contribution in [0.2, 0.25) is 0 Å². The van der Waals surface area contributed by atoms with Crippen LogP contribution in [0.4, 0.5) is 5.69 Å². The van der Waals surface area contributed by atoms with Crippen molar-refractivity contribution >= 4 is 11.4 Å². The molecule has 0 bridgehead atoms. The number of hydrogen-bond donors (Lipinski definition) is 1. The Balaban J connectivity index is 2.14. The number of anilines is 1. The fraction of sp³-hybridized carbons (Fsp3) is 0.375. The number of aryl methyl sites for hydroxylation is 2. The van der Waals surface area contributed by atoms with E-state index in [1.807, 2.05) is 32.0 Å². The van der Waals surface area contributed by atoms with Crippen LogP contribution in [0.3, 0.4) is 0 Å². The number of benzene rings is 1. The first-order valence-electron chi connectivity index (χ1n) is 7.04. The molecular weight excluding hydrogens is 264 g/mol. The van der Waals surface area contributed by atoms with Crippen molar-refractivity contribution in [2.45, 2.75) is 20.3 Å². The smallest absolute Gasteiger partial charge is 0.140 e. The second-order valence-electron chi connectivity index (χ2n) is 5.45. The third kappa shape index (κ3) is 2.18. The number of para-hydroxylation sites is 1. The van der Waals surface area contributed by atoms with Crippen LogP contribution >= 0.6 is 0 Å². The third-order valence-electron chi connectivity index (χ3n) is 4.06. The topological polar surface area (TPSA) is 74.6 Å². The lowest BCUT2D eigenvalue weighted by molar-refractivity contribution is 0.142. The summed E-state index contributed by atoms with van der Waals surface area (Å²) in [6.07, 6.45) is 0.767. The largest absolute Gasteiger partial charge is 0.383 e. The molecule has 0 aromatic heterocycles. The fourth-order valence-electron chi connectivity index (χ4n) is 2.97. The van der Waals surface area contributed by atoms with Gasteiger partial charge in [0, 0.05) is 12.5 Å². The van der Waals surface area contributed by atoms with Crippen molar-refractivity contribution in [3.05, 3.63) is 40.7 Å². The summed E-state index contributed by atoms with van der Waals surface area (Å²) >= 11 is 0. The number of fused-ring (bicyclic) bond motifs is 1. The van der Waals surface area contributed by atoms with Gasteiger partial charge in [0.1, 0.15) is 5.82 Å². The van der Waals surface area contributed by atoms with Crippen LogP contribution in [0.5, 0.6) is 0 Å². The van der Waals surface area contributed by atoms with Crippen LogP contribution in [-0.4, -0.2) is 18.9 Å². The van der Waals surface area contributed by atoms with Gasteiger partial charge in [-0.2, -0.15) is 10.4 Å². The van der Waals surface area contributed by atoms with Gasteiger partial charge in [0.05, 0.1) is 29.6 Å². The Morgan fingerprint density at radius 1 is 1.38 bits per heavy atom. The number of hydrogen-bond acceptors (Lipinski definition) is 5. The summed E-state index contributed by atoms with van der Waals surface area (Å²) in [6, 6.07) is 8.31. The van der Waals surface area contributed by atoms with Gasteiger partial charge in [-0.25, -0.2) is 5.01 Å². The molecule has 2 N–H and O–H groups in total. The monoisotopic (exact) mass is 282 g/mol. The standard InChI is InChI=1S/C16H18N4O/c1-10-4-3-5-11(2)15(10)20-16(18)13(8-17)12-6-7-21-9-14(12)19-20/h3-5,12H,6-7,9,18H2,1-2H3. The second kappa shape index (κ2) is 5.23. The van der Waals surface area contributed by atoms with Gasteiger partial charge < -0.3 is 10.5 Å². The molecule has 2 aliphatic rings. The summed E-state index contributed by atoms with van der Waals surface area (Å²) in [4.78, 5) is 0. The molecule has 1 aromatic rings. The zero-order valence-corrected chi connectivity index (χ0v) is 12.3. The van der Waals surface area contributed by atoms with E-state index in [1.54, 1.807) is 5.01 Å². The Kier molecular flexibility index (Phi) is 3.40. The normalized spacial score (nSPS) is 21.7. The number of ether oxygens (including phenoxy) is 1. The average molecular weight is 282 g/mol. The van der Waals surface area contributed by atoms with Crippen LogP contribution in [0.15, 0.2) is 34.7 Å². The summed E-state index contributed by atoms with van der Waals surface area (Å²) in [5.74, 6) is 0.440. The lowest BCUT2D eigenvalue weighted by atomic mass is 9.89. The minimum Gasteiger partial charge on any atom is -0.383 e. The SMILES string of the molecule is Cc1cccc(C)c1N1N=C2COCCC2C(C#N)=C1N. The van der Waals surface area contributed by atoms with E-state index in [-0.39, 0.29) is 5.92 Å². The second-order valence-corrected chi connectivity index (χ2v) is 5.45. The van der Waals surface area contributed by atoms with E-state index in [2.05, 4.69) is 11.2 Å². The molecule has 5 nitrogen and oxygen atoms in total. The van der Waals surface area contributed by atoms with Crippen molar-refractivity contribution in [3.8, 4) is 6.07 Å². The maximum absolute atomic E-state index is 9.49. The molecule has 5 heteroatoms. The van der Waals surface area contributed by atoms with Gasteiger partial charge in [-0.3, -0.25) is 0 Å². The van der Waals surface area contributed by atoms with E-state index >= 15 is 0 Å². The van der Waals surface area contributed by atoms with Crippen LogP contribution in [0.25, 0.3) is 0 Å². The zero-order valence-electron chi connectivity index (χ0n) is 12.3. The lowest BCUT2D eigenvalue weighted by Gasteiger charge is -2.34. The number of nitriles is 1. The number of allylic oxidation sites excluding steroid dienone is 1. The molecule has 3 rings (SSSR count). The van der Waals surface area contributed by atoms with Gasteiger partial charge in [0.15, 0.2) is 0 Å². The van der Waals surface area contributed by atoms with Crippen LogP contribution in [0.1, 0.15) is 17.5 Å². The quantitative estimate of drug-likeness (QED) is 0.857. The van der Waals surface area contributed by atoms with Gasteiger partial charge in [-0.1, -0.05) is 18.2 Å². The first-order chi connectivity index (χ1) is 10.1. The van der Waals surface area contributed by atoms with E-state index in [9.17, 15) is 5.26 Å². The molecule has 1 unspecified atom stereocenters. The molecule has 0 aliphatic carbocycles. The molecule has 0 saturated carbocycles. The van der Waals surface area contributed by atoms with Gasteiger partial charge in [0.2, 0.25) is 0 Å². The van der Waals surface area contributed by atoms with Crippen molar-refractivity contribution in [1.29, 1.82) is 5.26 Å². The predicted molar refractivity (Wildman–Crippen MR) is 81.6 cm³/mol. The van der Waals surface area contributed by atoms with Crippen molar-refractivity contribution in [2.75, 3.05) is 18.2 Å². The molecule has 0 amide bonds. The Hall–Kier alpha value is -2.32. The Bertz CT molecular complexity index is 664. The number of hydrazone groups is 1. The highest BCUT2D eigenvalue weighted by Gasteiger charge is 2.34. The maximum atomic E-state index is 9.49. The van der Waals surface area contributed by atoms with E-state index in [1.165, 1.54) is 0 Å². The molecule has 2 aliphatic heterocycles. The van der Waals surface area contributed by atoms with Crippen molar-refractivity contribution < 1.29 is 4.74 Å². The molecule has 21 heavy (non-hydrogen) atoms. The van der Waals surface area contributed by atoms with Crippen LogP contribution in [-0.2, 0) is 4.74 Å². The number of nitrogens with two attached hydrogens (primary N) is 1. The van der Waals surface area contributed by atoms with E-state index in [4.69, 9.17) is 10.5 Å². The molecule has 1 fully saturated rings. The summed E-state index contributed by atoms with van der Waals surface area (Å²) in [7, 11) is 0. The highest BCUT2D eigenvalue weighted by Crippen LogP contribution is 2.34. The Morgan fingerprint density at radius 3 is 2.76 bits per heavy atom.